The SMILES string of the molecule is CC(C)(C)c1cc(-c2c3cccccc-3c(C=O)c2C=O)cc(C(C)(C)C)c1. The van der Waals surface area contributed by atoms with Gasteiger partial charge >= 0.3 is 0 Å². The smallest absolute Gasteiger partial charge is 0.151 e. The molecule has 0 bridgehead atoms. The van der Waals surface area contributed by atoms with E-state index in [0.717, 1.165) is 34.8 Å². The predicted molar refractivity (Wildman–Crippen MR) is 117 cm³/mol. The number of rotatable bonds is 3. The Kier molecular flexibility index (Phi) is 5.01. The fourth-order valence-electron chi connectivity index (χ4n) is 3.62. The van der Waals surface area contributed by atoms with Crippen LogP contribution in [-0.4, -0.2) is 12.6 Å². The van der Waals surface area contributed by atoms with E-state index in [4.69, 9.17) is 0 Å². The molecule has 0 amide bonds. The largest absolute Gasteiger partial charge is 0.298 e. The van der Waals surface area contributed by atoms with Crippen molar-refractivity contribution < 1.29 is 9.59 Å². The Bertz CT molecular complexity index is 981. The molecule has 0 heterocycles. The molecule has 0 saturated heterocycles. The number of aldehydes is 2. The summed E-state index contributed by atoms with van der Waals surface area (Å²) in [6.07, 6.45) is 1.62. The van der Waals surface area contributed by atoms with Crippen molar-refractivity contribution in [1.82, 2.24) is 0 Å². The maximum atomic E-state index is 12.0. The van der Waals surface area contributed by atoms with Crippen LogP contribution in [0.15, 0.2) is 48.5 Å². The second-order valence-corrected chi connectivity index (χ2v) is 9.48. The van der Waals surface area contributed by atoms with Gasteiger partial charge in [-0.05, 0) is 38.6 Å². The van der Waals surface area contributed by atoms with Gasteiger partial charge in [-0.1, -0.05) is 90.1 Å². The van der Waals surface area contributed by atoms with Gasteiger partial charge in [0, 0.05) is 16.7 Å². The minimum Gasteiger partial charge on any atom is -0.298 e. The van der Waals surface area contributed by atoms with Crippen LogP contribution in [0.5, 0.6) is 0 Å². The van der Waals surface area contributed by atoms with Gasteiger partial charge in [-0.2, -0.15) is 0 Å². The third kappa shape index (κ3) is 3.52. The van der Waals surface area contributed by atoms with Gasteiger partial charge in [0.05, 0.1) is 0 Å². The van der Waals surface area contributed by atoms with Crippen LogP contribution in [0.3, 0.4) is 0 Å². The standard InChI is InChI=1S/C26H28O2/c1-25(2,3)18-12-17(13-19(14-18)26(4,5)6)24-21-11-9-7-8-10-20(21)22(15-27)23(24)16-28/h7-16H,1-6H3. The van der Waals surface area contributed by atoms with Crippen molar-refractivity contribution in [2.24, 2.45) is 0 Å². The van der Waals surface area contributed by atoms with Crippen molar-refractivity contribution >= 4 is 12.6 Å². The zero-order valence-corrected chi connectivity index (χ0v) is 17.6. The average Bonchev–Trinajstić information content (AvgIpc) is 2.74. The molecule has 0 unspecified atom stereocenters. The number of fused-ring (bicyclic) bond motifs is 1. The van der Waals surface area contributed by atoms with Crippen LogP contribution >= 0.6 is 0 Å². The Labute approximate surface area is 167 Å². The third-order valence-electron chi connectivity index (χ3n) is 5.35. The molecule has 0 aliphatic heterocycles. The molecule has 144 valence electrons. The first kappa shape index (κ1) is 20.0. The first-order valence-electron chi connectivity index (χ1n) is 9.69. The summed E-state index contributed by atoms with van der Waals surface area (Å²) >= 11 is 0. The van der Waals surface area contributed by atoms with Crippen LogP contribution in [0.1, 0.15) is 73.4 Å². The van der Waals surface area contributed by atoms with E-state index in [2.05, 4.69) is 59.7 Å². The molecule has 0 spiro atoms. The van der Waals surface area contributed by atoms with Gasteiger partial charge < -0.3 is 0 Å². The molecule has 2 aliphatic carbocycles. The quantitative estimate of drug-likeness (QED) is 0.481. The van der Waals surface area contributed by atoms with E-state index in [9.17, 15) is 9.59 Å². The van der Waals surface area contributed by atoms with Gasteiger partial charge in [0.1, 0.15) is 0 Å². The Morgan fingerprint density at radius 1 is 0.643 bits per heavy atom. The lowest BCUT2D eigenvalue weighted by Crippen LogP contribution is -2.16. The van der Waals surface area contributed by atoms with E-state index < -0.39 is 0 Å². The van der Waals surface area contributed by atoms with E-state index in [-0.39, 0.29) is 10.8 Å². The van der Waals surface area contributed by atoms with Crippen molar-refractivity contribution in [3.8, 4) is 22.3 Å². The topological polar surface area (TPSA) is 34.1 Å². The highest BCUT2D eigenvalue weighted by Gasteiger charge is 2.26. The molecule has 0 radical (unpaired) electrons. The molecule has 2 nitrogen and oxygen atoms in total. The lowest BCUT2D eigenvalue weighted by Gasteiger charge is -2.26. The molecular weight excluding hydrogens is 344 g/mol. The Hall–Kier alpha value is -2.74. The van der Waals surface area contributed by atoms with E-state index >= 15 is 0 Å². The number of benzene rings is 1. The highest BCUT2D eigenvalue weighted by molar-refractivity contribution is 6.10. The van der Waals surface area contributed by atoms with E-state index in [1.807, 2.05) is 30.3 Å². The Morgan fingerprint density at radius 3 is 1.61 bits per heavy atom. The van der Waals surface area contributed by atoms with Crippen molar-refractivity contribution in [2.45, 2.75) is 52.4 Å². The van der Waals surface area contributed by atoms with Crippen LogP contribution < -0.4 is 0 Å². The average molecular weight is 373 g/mol. The molecule has 0 fully saturated rings. The molecule has 1 aromatic carbocycles. The first-order chi connectivity index (χ1) is 13.1. The minimum atomic E-state index is -0.0299. The number of carbonyl (C=O) groups is 2. The predicted octanol–water partition coefficient (Wildman–Crippen LogP) is 6.68. The molecule has 2 aliphatic rings. The van der Waals surface area contributed by atoms with E-state index in [0.29, 0.717) is 11.1 Å². The summed E-state index contributed by atoms with van der Waals surface area (Å²) in [5.74, 6) is 0. The van der Waals surface area contributed by atoms with Gasteiger partial charge in [-0.25, -0.2) is 0 Å². The van der Waals surface area contributed by atoms with Crippen molar-refractivity contribution in [2.75, 3.05) is 0 Å². The summed E-state index contributed by atoms with van der Waals surface area (Å²) < 4.78 is 0. The van der Waals surface area contributed by atoms with Crippen LogP contribution in [0, 0.1) is 0 Å². The highest BCUT2D eigenvalue weighted by atomic mass is 16.1. The molecule has 0 N–H and O–H groups in total. The fourth-order valence-corrected chi connectivity index (χ4v) is 3.62. The summed E-state index contributed by atoms with van der Waals surface area (Å²) in [6, 6.07) is 16.3. The summed E-state index contributed by atoms with van der Waals surface area (Å²) in [6.45, 7) is 13.2. The van der Waals surface area contributed by atoms with E-state index in [1.165, 1.54) is 11.1 Å². The Morgan fingerprint density at radius 2 is 1.14 bits per heavy atom. The lowest BCUT2D eigenvalue weighted by atomic mass is 9.78. The van der Waals surface area contributed by atoms with Crippen LogP contribution in [-0.2, 0) is 10.8 Å². The summed E-state index contributed by atoms with van der Waals surface area (Å²) in [5.41, 5.74) is 6.90. The maximum Gasteiger partial charge on any atom is 0.151 e. The first-order valence-corrected chi connectivity index (χ1v) is 9.69. The van der Waals surface area contributed by atoms with Gasteiger partial charge in [0.2, 0.25) is 0 Å². The molecule has 0 atom stereocenters. The van der Waals surface area contributed by atoms with Gasteiger partial charge in [0.15, 0.2) is 12.6 Å². The molecule has 2 heteroatoms. The second-order valence-electron chi connectivity index (χ2n) is 9.48. The fraction of sp³-hybridized carbons (Fsp3) is 0.308. The van der Waals surface area contributed by atoms with Crippen molar-refractivity contribution in [3.63, 3.8) is 0 Å². The van der Waals surface area contributed by atoms with Crippen LogP contribution in [0.2, 0.25) is 0 Å². The number of hydrogen-bond acceptors (Lipinski definition) is 2. The van der Waals surface area contributed by atoms with Gasteiger partial charge in [-0.3, -0.25) is 9.59 Å². The molecule has 0 aromatic heterocycles. The number of carbonyl (C=O) groups excluding carboxylic acids is 2. The van der Waals surface area contributed by atoms with Gasteiger partial charge in [0.25, 0.3) is 0 Å². The van der Waals surface area contributed by atoms with Crippen LogP contribution in [0.4, 0.5) is 0 Å². The maximum absolute atomic E-state index is 12.0. The zero-order chi connectivity index (χ0) is 20.7. The van der Waals surface area contributed by atoms with E-state index in [1.54, 1.807) is 0 Å². The molecule has 1 aromatic rings. The Balaban J connectivity index is 2.44. The number of hydrogen-bond donors (Lipinski definition) is 0. The van der Waals surface area contributed by atoms with Crippen LogP contribution in [0.25, 0.3) is 22.3 Å². The minimum absolute atomic E-state index is 0.0299. The summed E-state index contributed by atoms with van der Waals surface area (Å²) in [7, 11) is 0. The molecule has 3 rings (SSSR count). The second kappa shape index (κ2) is 7.01. The molecular formula is C26H28O2. The third-order valence-corrected chi connectivity index (χ3v) is 5.35. The van der Waals surface area contributed by atoms with Crippen molar-refractivity contribution in [1.29, 1.82) is 0 Å². The lowest BCUT2D eigenvalue weighted by molar-refractivity contribution is 0.109. The normalized spacial score (nSPS) is 12.2. The molecule has 28 heavy (non-hydrogen) atoms. The monoisotopic (exact) mass is 372 g/mol. The molecule has 0 saturated carbocycles. The van der Waals surface area contributed by atoms with Gasteiger partial charge in [-0.15, -0.1) is 0 Å². The van der Waals surface area contributed by atoms with Crippen molar-refractivity contribution in [3.05, 3.63) is 70.8 Å². The highest BCUT2D eigenvalue weighted by Crippen LogP contribution is 2.43. The zero-order valence-electron chi connectivity index (χ0n) is 17.6. The summed E-state index contributed by atoms with van der Waals surface area (Å²) in [5, 5.41) is 0. The summed E-state index contributed by atoms with van der Waals surface area (Å²) in [4.78, 5) is 23.9.